The van der Waals surface area contributed by atoms with Crippen LogP contribution in [-0.2, 0) is 0 Å². The number of hydrogen-bond acceptors (Lipinski definition) is 3. The molecule has 5 heteroatoms. The van der Waals surface area contributed by atoms with Crippen LogP contribution in [0.3, 0.4) is 0 Å². The normalized spacial score (nSPS) is 12.5. The molecule has 21 heavy (non-hydrogen) atoms. The highest BCUT2D eigenvalue weighted by Gasteiger charge is 2.18. The number of hydrazine groups is 1. The maximum Gasteiger partial charge on any atom is 0.124 e. The molecule has 3 aromatic rings. The van der Waals surface area contributed by atoms with E-state index in [0.717, 1.165) is 25.5 Å². The van der Waals surface area contributed by atoms with Gasteiger partial charge < -0.3 is 0 Å². The van der Waals surface area contributed by atoms with Gasteiger partial charge in [0.1, 0.15) is 5.82 Å². The zero-order chi connectivity index (χ0) is 14.8. The number of benzene rings is 2. The lowest BCUT2D eigenvalue weighted by atomic mass is 9.95. The average Bonchev–Trinajstić information content (AvgIpc) is 2.50. The van der Waals surface area contributed by atoms with Crippen molar-refractivity contribution in [3.05, 3.63) is 75.4 Å². The van der Waals surface area contributed by atoms with Gasteiger partial charge in [0.15, 0.2) is 0 Å². The Labute approximate surface area is 135 Å². The Morgan fingerprint density at radius 1 is 1.14 bits per heavy atom. The third-order valence-electron chi connectivity index (χ3n) is 3.47. The SMILES string of the molecule is NNC(c1ccc(F)cc1I)c1cccc2cnccc12. The maximum absolute atomic E-state index is 13.3. The summed E-state index contributed by atoms with van der Waals surface area (Å²) in [6, 6.07) is 12.5. The standard InChI is InChI=1S/C16H13FIN3/c17-11-4-5-14(15(18)8-11)16(21-19)13-3-1-2-10-9-20-7-6-12(10)13/h1-9,16,21H,19H2. The molecule has 1 atom stereocenters. The molecular formula is C16H13FIN3. The Morgan fingerprint density at radius 3 is 2.76 bits per heavy atom. The van der Waals surface area contributed by atoms with Gasteiger partial charge in [0, 0.05) is 21.4 Å². The van der Waals surface area contributed by atoms with Crippen molar-refractivity contribution in [3.8, 4) is 0 Å². The van der Waals surface area contributed by atoms with Gasteiger partial charge in [0.05, 0.1) is 6.04 Å². The van der Waals surface area contributed by atoms with Crippen molar-refractivity contribution in [3.63, 3.8) is 0 Å². The lowest BCUT2D eigenvalue weighted by Crippen LogP contribution is -2.29. The lowest BCUT2D eigenvalue weighted by Gasteiger charge is -2.20. The first kappa shape index (κ1) is 14.4. The molecule has 3 nitrogen and oxygen atoms in total. The van der Waals surface area contributed by atoms with E-state index in [1.807, 2.05) is 30.5 Å². The fourth-order valence-electron chi connectivity index (χ4n) is 2.48. The Hall–Kier alpha value is -1.57. The molecule has 1 heterocycles. The molecule has 2 aromatic carbocycles. The van der Waals surface area contributed by atoms with Crippen molar-refractivity contribution in [1.29, 1.82) is 0 Å². The van der Waals surface area contributed by atoms with Gasteiger partial charge in [-0.15, -0.1) is 0 Å². The first-order chi connectivity index (χ1) is 10.2. The van der Waals surface area contributed by atoms with Crippen molar-refractivity contribution >= 4 is 33.4 Å². The minimum atomic E-state index is -0.249. The molecule has 0 spiro atoms. The molecule has 0 aliphatic carbocycles. The van der Waals surface area contributed by atoms with Crippen molar-refractivity contribution in [2.24, 2.45) is 5.84 Å². The number of nitrogens with two attached hydrogens (primary N) is 1. The second-order valence-electron chi connectivity index (χ2n) is 4.71. The van der Waals surface area contributed by atoms with Crippen LogP contribution in [0.4, 0.5) is 4.39 Å². The third-order valence-corrected chi connectivity index (χ3v) is 4.40. The van der Waals surface area contributed by atoms with Gasteiger partial charge >= 0.3 is 0 Å². The van der Waals surface area contributed by atoms with Crippen LogP contribution in [0, 0.1) is 9.39 Å². The predicted octanol–water partition coefficient (Wildman–Crippen LogP) is 3.53. The zero-order valence-electron chi connectivity index (χ0n) is 11.1. The van der Waals surface area contributed by atoms with Gasteiger partial charge in [-0.25, -0.2) is 9.82 Å². The highest BCUT2D eigenvalue weighted by atomic mass is 127. The second-order valence-corrected chi connectivity index (χ2v) is 5.87. The quantitative estimate of drug-likeness (QED) is 0.407. The van der Waals surface area contributed by atoms with Gasteiger partial charge in [-0.3, -0.25) is 10.8 Å². The molecular weight excluding hydrogens is 380 g/mol. The van der Waals surface area contributed by atoms with Gasteiger partial charge in [0.25, 0.3) is 0 Å². The highest BCUT2D eigenvalue weighted by Crippen LogP contribution is 2.30. The van der Waals surface area contributed by atoms with E-state index < -0.39 is 0 Å². The molecule has 106 valence electrons. The fourth-order valence-corrected chi connectivity index (χ4v) is 3.27. The molecule has 1 aromatic heterocycles. The van der Waals surface area contributed by atoms with E-state index in [0.29, 0.717) is 0 Å². The Kier molecular flexibility index (Phi) is 4.14. The Balaban J connectivity index is 2.18. The number of nitrogens with one attached hydrogen (secondary N) is 1. The number of aromatic nitrogens is 1. The first-order valence-corrected chi connectivity index (χ1v) is 7.52. The average molecular weight is 393 g/mol. The number of nitrogens with zero attached hydrogens (tertiary/aromatic N) is 1. The van der Waals surface area contributed by atoms with Crippen LogP contribution in [0.15, 0.2) is 54.9 Å². The summed E-state index contributed by atoms with van der Waals surface area (Å²) in [4.78, 5) is 4.14. The Bertz CT molecular complexity index is 786. The molecule has 3 N–H and O–H groups in total. The van der Waals surface area contributed by atoms with Crippen LogP contribution in [0.25, 0.3) is 10.8 Å². The Morgan fingerprint density at radius 2 is 2.00 bits per heavy atom. The number of pyridine rings is 1. The van der Waals surface area contributed by atoms with Gasteiger partial charge in [0.2, 0.25) is 0 Å². The van der Waals surface area contributed by atoms with Crippen molar-refractivity contribution in [2.75, 3.05) is 0 Å². The molecule has 0 aliphatic heterocycles. The van der Waals surface area contributed by atoms with E-state index >= 15 is 0 Å². The maximum atomic E-state index is 13.3. The smallest absolute Gasteiger partial charge is 0.124 e. The first-order valence-electron chi connectivity index (χ1n) is 6.44. The van der Waals surface area contributed by atoms with Crippen LogP contribution >= 0.6 is 22.6 Å². The summed E-state index contributed by atoms with van der Waals surface area (Å²) in [7, 11) is 0. The number of fused-ring (bicyclic) bond motifs is 1. The molecule has 0 aliphatic rings. The minimum absolute atomic E-state index is 0.205. The zero-order valence-corrected chi connectivity index (χ0v) is 13.2. The molecule has 3 rings (SSSR count). The van der Waals surface area contributed by atoms with Crippen molar-refractivity contribution in [2.45, 2.75) is 6.04 Å². The minimum Gasteiger partial charge on any atom is -0.271 e. The molecule has 0 bridgehead atoms. The summed E-state index contributed by atoms with van der Waals surface area (Å²) in [6.07, 6.45) is 3.58. The topological polar surface area (TPSA) is 50.9 Å². The monoisotopic (exact) mass is 393 g/mol. The molecule has 0 fully saturated rings. The van der Waals surface area contributed by atoms with E-state index in [1.54, 1.807) is 12.3 Å². The van der Waals surface area contributed by atoms with Crippen LogP contribution in [-0.4, -0.2) is 4.98 Å². The van der Waals surface area contributed by atoms with Crippen LogP contribution in [0.1, 0.15) is 17.2 Å². The van der Waals surface area contributed by atoms with E-state index in [-0.39, 0.29) is 11.9 Å². The van der Waals surface area contributed by atoms with E-state index in [4.69, 9.17) is 5.84 Å². The summed E-state index contributed by atoms with van der Waals surface area (Å²) < 4.78 is 14.1. The molecule has 0 saturated carbocycles. The largest absolute Gasteiger partial charge is 0.271 e. The van der Waals surface area contributed by atoms with Crippen molar-refractivity contribution < 1.29 is 4.39 Å². The molecule has 0 radical (unpaired) electrons. The number of rotatable bonds is 3. The number of hydrogen-bond donors (Lipinski definition) is 2. The third kappa shape index (κ3) is 2.76. The second kappa shape index (κ2) is 6.05. The van der Waals surface area contributed by atoms with E-state index in [9.17, 15) is 4.39 Å². The molecule has 1 unspecified atom stereocenters. The van der Waals surface area contributed by atoms with E-state index in [2.05, 4.69) is 33.0 Å². The van der Waals surface area contributed by atoms with Crippen LogP contribution in [0.5, 0.6) is 0 Å². The van der Waals surface area contributed by atoms with Crippen LogP contribution < -0.4 is 11.3 Å². The summed E-state index contributed by atoms with van der Waals surface area (Å²) in [5.41, 5.74) is 4.83. The molecule has 0 amide bonds. The summed E-state index contributed by atoms with van der Waals surface area (Å²) in [6.45, 7) is 0. The summed E-state index contributed by atoms with van der Waals surface area (Å²) in [5, 5.41) is 2.13. The lowest BCUT2D eigenvalue weighted by molar-refractivity contribution is 0.614. The summed E-state index contributed by atoms with van der Waals surface area (Å²) >= 11 is 2.13. The van der Waals surface area contributed by atoms with Crippen molar-refractivity contribution in [1.82, 2.24) is 10.4 Å². The fraction of sp³-hybridized carbons (Fsp3) is 0.0625. The number of halogens is 2. The highest BCUT2D eigenvalue weighted by molar-refractivity contribution is 14.1. The molecule has 0 saturated heterocycles. The van der Waals surface area contributed by atoms with Gasteiger partial charge in [-0.2, -0.15) is 0 Å². The summed E-state index contributed by atoms with van der Waals surface area (Å²) in [5.74, 6) is 5.52. The van der Waals surface area contributed by atoms with E-state index in [1.165, 1.54) is 12.1 Å². The van der Waals surface area contributed by atoms with Crippen LogP contribution in [0.2, 0.25) is 0 Å². The van der Waals surface area contributed by atoms with Gasteiger partial charge in [-0.05, 0) is 57.3 Å². The predicted molar refractivity (Wildman–Crippen MR) is 90.0 cm³/mol. The van der Waals surface area contributed by atoms with Gasteiger partial charge in [-0.1, -0.05) is 24.3 Å².